The zero-order chi connectivity index (χ0) is 20.2. The third kappa shape index (κ3) is 12.0. The van der Waals surface area contributed by atoms with E-state index >= 15 is 0 Å². The van der Waals surface area contributed by atoms with E-state index in [1.165, 1.54) is 0 Å². The van der Waals surface area contributed by atoms with Gasteiger partial charge in [-0.3, -0.25) is 19.4 Å². The molecule has 0 atom stereocenters. The molecule has 0 aliphatic carbocycles. The highest BCUT2D eigenvalue weighted by Crippen LogP contribution is 1.98. The Bertz CT molecular complexity index is 552. The normalized spacial score (nSPS) is 12.0. The number of carbonyl (C=O) groups is 2. The van der Waals surface area contributed by atoms with E-state index in [2.05, 4.69) is 6.58 Å². The summed E-state index contributed by atoms with van der Waals surface area (Å²) in [6.07, 6.45) is 0. The fraction of sp³-hybridized carbons (Fsp3) is 0.750. The molecular weight excluding hydrogens is 362 g/mol. The predicted octanol–water partition coefficient (Wildman–Crippen LogP) is -0.340. The van der Waals surface area contributed by atoms with Crippen LogP contribution in [0.25, 0.3) is 0 Å². The maximum Gasteiger partial charge on any atom is 0.317 e. The standard InChI is InChI=1S/C16H31N3O6S/c1-4-17(11-12-26(24,25)6-3)7-9-19(14-16(22)23)10-8-18(5-2)13-15(20)21/h6H,3-5,7-14H2,1-2H3,(H,20,21)(H,22,23). The first-order chi connectivity index (χ1) is 12.1. The molecule has 26 heavy (non-hydrogen) atoms. The smallest absolute Gasteiger partial charge is 0.317 e. The summed E-state index contributed by atoms with van der Waals surface area (Å²) < 4.78 is 23.0. The molecule has 0 aliphatic rings. The summed E-state index contributed by atoms with van der Waals surface area (Å²) in [4.78, 5) is 27.3. The van der Waals surface area contributed by atoms with Crippen molar-refractivity contribution in [3.05, 3.63) is 12.0 Å². The molecule has 0 aromatic rings. The molecule has 0 saturated carbocycles. The Kier molecular flexibility index (Phi) is 12.1. The predicted molar refractivity (Wildman–Crippen MR) is 99.9 cm³/mol. The Morgan fingerprint density at radius 3 is 1.69 bits per heavy atom. The topological polar surface area (TPSA) is 118 Å². The summed E-state index contributed by atoms with van der Waals surface area (Å²) >= 11 is 0. The summed E-state index contributed by atoms with van der Waals surface area (Å²) in [5, 5.41) is 18.9. The van der Waals surface area contributed by atoms with Crippen molar-refractivity contribution in [2.24, 2.45) is 0 Å². The lowest BCUT2D eigenvalue weighted by Gasteiger charge is -2.27. The minimum Gasteiger partial charge on any atom is -0.480 e. The van der Waals surface area contributed by atoms with E-state index in [0.717, 1.165) is 5.41 Å². The average molecular weight is 394 g/mol. The van der Waals surface area contributed by atoms with E-state index < -0.39 is 21.8 Å². The summed E-state index contributed by atoms with van der Waals surface area (Å²) in [6.45, 7) is 10.2. The Labute approximate surface area is 155 Å². The van der Waals surface area contributed by atoms with Crippen molar-refractivity contribution >= 4 is 21.8 Å². The van der Waals surface area contributed by atoms with Crippen LogP contribution in [0.15, 0.2) is 12.0 Å². The molecule has 0 aromatic heterocycles. The van der Waals surface area contributed by atoms with Gasteiger partial charge in [0, 0.05) is 38.1 Å². The van der Waals surface area contributed by atoms with Gasteiger partial charge >= 0.3 is 11.9 Å². The Hall–Kier alpha value is -1.49. The van der Waals surface area contributed by atoms with Crippen molar-refractivity contribution < 1.29 is 28.2 Å². The number of carboxylic acids is 2. The molecule has 0 amide bonds. The van der Waals surface area contributed by atoms with Gasteiger partial charge in [0.2, 0.25) is 0 Å². The quantitative estimate of drug-likeness (QED) is 0.363. The van der Waals surface area contributed by atoms with Gasteiger partial charge in [-0.25, -0.2) is 8.42 Å². The first kappa shape index (κ1) is 24.5. The molecule has 0 saturated heterocycles. The number of hydrogen-bond acceptors (Lipinski definition) is 7. The van der Waals surface area contributed by atoms with Gasteiger partial charge in [-0.15, -0.1) is 0 Å². The molecular formula is C16H31N3O6S. The second-order valence-electron chi connectivity index (χ2n) is 5.90. The van der Waals surface area contributed by atoms with E-state index in [4.69, 9.17) is 10.2 Å². The molecule has 0 bridgehead atoms. The molecule has 0 rings (SSSR count). The molecule has 10 heteroatoms. The van der Waals surface area contributed by atoms with Gasteiger partial charge in [0.05, 0.1) is 18.8 Å². The summed E-state index contributed by atoms with van der Waals surface area (Å²) in [5.74, 6) is -1.90. The molecule has 0 heterocycles. The van der Waals surface area contributed by atoms with Crippen LogP contribution in [-0.4, -0.2) is 110 Å². The van der Waals surface area contributed by atoms with Crippen LogP contribution in [0.1, 0.15) is 13.8 Å². The van der Waals surface area contributed by atoms with Crippen molar-refractivity contribution in [1.82, 2.24) is 14.7 Å². The SMILES string of the molecule is C=CS(=O)(=O)CCN(CC)CCN(CCN(CC)CC(=O)O)CC(=O)O. The maximum absolute atomic E-state index is 11.5. The molecule has 0 fully saturated rings. The van der Waals surface area contributed by atoms with Gasteiger partial charge in [0.1, 0.15) is 0 Å². The van der Waals surface area contributed by atoms with Gasteiger partial charge < -0.3 is 15.1 Å². The first-order valence-corrected chi connectivity index (χ1v) is 10.3. The fourth-order valence-corrected chi connectivity index (χ4v) is 3.01. The van der Waals surface area contributed by atoms with Crippen LogP contribution in [0.4, 0.5) is 0 Å². The van der Waals surface area contributed by atoms with Crippen molar-refractivity contribution in [2.75, 3.05) is 64.7 Å². The second-order valence-corrected chi connectivity index (χ2v) is 7.97. The zero-order valence-electron chi connectivity index (χ0n) is 15.6. The minimum atomic E-state index is -3.27. The van der Waals surface area contributed by atoms with Crippen molar-refractivity contribution in [3.8, 4) is 0 Å². The number of carboxylic acid groups (broad SMARTS) is 2. The Morgan fingerprint density at radius 2 is 1.27 bits per heavy atom. The van der Waals surface area contributed by atoms with Gasteiger partial charge in [-0.05, 0) is 13.1 Å². The molecule has 0 aliphatic heterocycles. The van der Waals surface area contributed by atoms with Gasteiger partial charge in [0.25, 0.3) is 0 Å². The first-order valence-electron chi connectivity index (χ1n) is 8.59. The highest BCUT2D eigenvalue weighted by molar-refractivity contribution is 7.94. The minimum absolute atomic E-state index is 0.0223. The summed E-state index contributed by atoms with van der Waals surface area (Å²) in [5.41, 5.74) is 0. The van der Waals surface area contributed by atoms with Crippen LogP contribution in [-0.2, 0) is 19.4 Å². The zero-order valence-corrected chi connectivity index (χ0v) is 16.4. The number of hydrogen-bond donors (Lipinski definition) is 2. The number of nitrogens with zero attached hydrogens (tertiary/aromatic N) is 3. The van der Waals surface area contributed by atoms with Gasteiger partial charge in [-0.2, -0.15) is 0 Å². The van der Waals surface area contributed by atoms with E-state index in [0.29, 0.717) is 45.8 Å². The van der Waals surface area contributed by atoms with E-state index in [1.807, 2.05) is 18.7 Å². The summed E-state index contributed by atoms with van der Waals surface area (Å²) in [6, 6.07) is 0. The molecule has 9 nitrogen and oxygen atoms in total. The van der Waals surface area contributed by atoms with Crippen LogP contribution in [0.2, 0.25) is 0 Å². The van der Waals surface area contributed by atoms with Crippen molar-refractivity contribution in [1.29, 1.82) is 0 Å². The largest absolute Gasteiger partial charge is 0.480 e. The average Bonchev–Trinajstić information content (AvgIpc) is 2.57. The summed E-state index contributed by atoms with van der Waals surface area (Å²) in [7, 11) is -3.27. The third-order valence-electron chi connectivity index (χ3n) is 4.02. The van der Waals surface area contributed by atoms with E-state index in [9.17, 15) is 18.0 Å². The van der Waals surface area contributed by atoms with Crippen molar-refractivity contribution in [2.45, 2.75) is 13.8 Å². The van der Waals surface area contributed by atoms with Gasteiger partial charge in [0.15, 0.2) is 9.84 Å². The number of sulfone groups is 1. The van der Waals surface area contributed by atoms with Crippen LogP contribution < -0.4 is 0 Å². The number of aliphatic carboxylic acids is 2. The molecule has 0 radical (unpaired) electrons. The van der Waals surface area contributed by atoms with Crippen LogP contribution in [0.5, 0.6) is 0 Å². The van der Waals surface area contributed by atoms with Crippen LogP contribution in [0.3, 0.4) is 0 Å². The van der Waals surface area contributed by atoms with E-state index in [-0.39, 0.29) is 18.8 Å². The highest BCUT2D eigenvalue weighted by Gasteiger charge is 2.15. The van der Waals surface area contributed by atoms with Crippen molar-refractivity contribution in [3.63, 3.8) is 0 Å². The molecule has 152 valence electrons. The maximum atomic E-state index is 11.5. The second kappa shape index (κ2) is 12.8. The Morgan fingerprint density at radius 1 is 0.846 bits per heavy atom. The monoisotopic (exact) mass is 393 g/mol. The lowest BCUT2D eigenvalue weighted by atomic mass is 10.3. The van der Waals surface area contributed by atoms with E-state index in [1.54, 1.807) is 9.80 Å². The highest BCUT2D eigenvalue weighted by atomic mass is 32.2. The number of rotatable bonds is 16. The van der Waals surface area contributed by atoms with Crippen LogP contribution >= 0.6 is 0 Å². The number of likely N-dealkylation sites (N-methyl/N-ethyl adjacent to an activating group) is 2. The lowest BCUT2D eigenvalue weighted by molar-refractivity contribution is -0.140. The molecule has 0 aromatic carbocycles. The van der Waals surface area contributed by atoms with Crippen LogP contribution in [0, 0.1) is 0 Å². The molecule has 0 unspecified atom stereocenters. The third-order valence-corrected chi connectivity index (χ3v) is 5.28. The Balaban J connectivity index is 4.60. The molecule has 0 spiro atoms. The van der Waals surface area contributed by atoms with Gasteiger partial charge in [-0.1, -0.05) is 20.4 Å². The lowest BCUT2D eigenvalue weighted by Crippen LogP contribution is -2.43. The molecule has 2 N–H and O–H groups in total. The fourth-order valence-electron chi connectivity index (χ4n) is 2.33.